The van der Waals surface area contributed by atoms with Crippen molar-refractivity contribution < 1.29 is 0 Å². The topological polar surface area (TPSA) is 3.24 Å². The molecule has 1 aliphatic carbocycles. The SMILES string of the molecule is Cc1cccc2c1c1ccccc1c1c(C3=CC=C(N4CCCc5ccccc54)CC3)c(-c3ccccc3)cc(-c3ccccc3)c21. The fourth-order valence-corrected chi connectivity index (χ4v) is 8.30. The zero-order valence-electron chi connectivity index (χ0n) is 26.8. The Morgan fingerprint density at radius 2 is 1.17 bits per heavy atom. The number of hydrogen-bond donors (Lipinski definition) is 0. The normalized spacial score (nSPS) is 14.7. The van der Waals surface area contributed by atoms with Crippen LogP contribution in [0.25, 0.3) is 60.1 Å². The molecule has 47 heavy (non-hydrogen) atoms. The van der Waals surface area contributed by atoms with Gasteiger partial charge in [-0.1, -0.05) is 127 Å². The number of anilines is 1. The number of benzene rings is 7. The molecule has 0 amide bonds. The van der Waals surface area contributed by atoms with Crippen LogP contribution < -0.4 is 4.90 Å². The zero-order chi connectivity index (χ0) is 31.3. The summed E-state index contributed by atoms with van der Waals surface area (Å²) in [6.45, 7) is 3.35. The summed E-state index contributed by atoms with van der Waals surface area (Å²) in [7, 11) is 0. The van der Waals surface area contributed by atoms with Crippen LogP contribution in [0.4, 0.5) is 5.69 Å². The highest BCUT2D eigenvalue weighted by atomic mass is 15.1. The lowest BCUT2D eigenvalue weighted by Crippen LogP contribution is -2.29. The quantitative estimate of drug-likeness (QED) is 0.181. The molecule has 1 heteroatoms. The molecule has 9 rings (SSSR count). The van der Waals surface area contributed by atoms with Crippen LogP contribution in [0, 0.1) is 6.92 Å². The van der Waals surface area contributed by atoms with Crippen LogP contribution in [0.3, 0.4) is 0 Å². The van der Waals surface area contributed by atoms with Crippen molar-refractivity contribution in [2.24, 2.45) is 0 Å². The third-order valence-electron chi connectivity index (χ3n) is 10.4. The van der Waals surface area contributed by atoms with Crippen LogP contribution in [0.2, 0.25) is 0 Å². The molecule has 0 aromatic heterocycles. The fourth-order valence-electron chi connectivity index (χ4n) is 8.30. The molecule has 0 bridgehead atoms. The molecule has 2 aliphatic rings. The number of para-hydroxylation sites is 1. The highest BCUT2D eigenvalue weighted by Gasteiger charge is 2.26. The number of rotatable bonds is 4. The predicted molar refractivity (Wildman–Crippen MR) is 202 cm³/mol. The van der Waals surface area contributed by atoms with E-state index in [9.17, 15) is 0 Å². The van der Waals surface area contributed by atoms with Gasteiger partial charge in [0.1, 0.15) is 0 Å². The van der Waals surface area contributed by atoms with E-state index in [2.05, 4.69) is 157 Å². The van der Waals surface area contributed by atoms with Crippen molar-refractivity contribution in [3.05, 3.63) is 168 Å². The van der Waals surface area contributed by atoms with Gasteiger partial charge in [-0.3, -0.25) is 0 Å². The molecule has 226 valence electrons. The van der Waals surface area contributed by atoms with Crippen LogP contribution in [0.15, 0.2) is 151 Å². The predicted octanol–water partition coefficient (Wildman–Crippen LogP) is 12.3. The van der Waals surface area contributed by atoms with Crippen molar-refractivity contribution in [2.45, 2.75) is 32.6 Å². The Morgan fingerprint density at radius 3 is 1.91 bits per heavy atom. The highest BCUT2D eigenvalue weighted by molar-refractivity contribution is 6.32. The van der Waals surface area contributed by atoms with E-state index in [0.29, 0.717) is 0 Å². The van der Waals surface area contributed by atoms with E-state index in [-0.39, 0.29) is 0 Å². The van der Waals surface area contributed by atoms with Crippen molar-refractivity contribution in [1.82, 2.24) is 0 Å². The fraction of sp³-hybridized carbons (Fsp3) is 0.130. The summed E-state index contributed by atoms with van der Waals surface area (Å²) in [4.78, 5) is 2.58. The Kier molecular flexibility index (Phi) is 6.78. The van der Waals surface area contributed by atoms with E-state index in [1.807, 2.05) is 0 Å². The zero-order valence-corrected chi connectivity index (χ0v) is 26.8. The van der Waals surface area contributed by atoms with Crippen LogP contribution >= 0.6 is 0 Å². The first-order chi connectivity index (χ1) is 23.3. The smallest absolute Gasteiger partial charge is 0.0440 e. The largest absolute Gasteiger partial charge is 0.345 e. The van der Waals surface area contributed by atoms with Gasteiger partial charge in [-0.15, -0.1) is 0 Å². The second-order valence-electron chi connectivity index (χ2n) is 13.1. The van der Waals surface area contributed by atoms with E-state index in [0.717, 1.165) is 19.4 Å². The molecule has 0 spiro atoms. The summed E-state index contributed by atoms with van der Waals surface area (Å²) in [6.07, 6.45) is 9.26. The first kappa shape index (κ1) is 27.9. The summed E-state index contributed by atoms with van der Waals surface area (Å²) in [6, 6.07) is 49.4. The van der Waals surface area contributed by atoms with Crippen molar-refractivity contribution in [2.75, 3.05) is 11.4 Å². The molecule has 0 fully saturated rings. The summed E-state index contributed by atoms with van der Waals surface area (Å²) >= 11 is 0. The molecule has 0 saturated carbocycles. The van der Waals surface area contributed by atoms with Crippen molar-refractivity contribution in [3.63, 3.8) is 0 Å². The molecule has 1 heterocycles. The standard InChI is InChI=1S/C46H37N/c1-31-14-12-23-39-43(31)37-21-9-10-22-38(37)46-44(35-25-27-36(28-26-35)47-29-13-20-34-19-8-11-24-42(34)47)40(32-15-4-2-5-16-32)30-41(45(39)46)33-17-6-3-7-18-33/h2-12,14-19,21-25,27,30H,13,20,26,28-29H2,1H3. The number of aryl methyl sites for hydroxylation is 2. The Bertz CT molecular complexity index is 2380. The van der Waals surface area contributed by atoms with Crippen LogP contribution in [-0.4, -0.2) is 6.54 Å². The van der Waals surface area contributed by atoms with Crippen molar-refractivity contribution in [3.8, 4) is 22.3 Å². The van der Waals surface area contributed by atoms with Gasteiger partial charge in [0.25, 0.3) is 0 Å². The second-order valence-corrected chi connectivity index (χ2v) is 13.1. The summed E-state index contributed by atoms with van der Waals surface area (Å²) in [5, 5.41) is 8.06. The summed E-state index contributed by atoms with van der Waals surface area (Å²) in [5.41, 5.74) is 13.5. The molecule has 0 saturated heterocycles. The lowest BCUT2D eigenvalue weighted by atomic mass is 9.79. The lowest BCUT2D eigenvalue weighted by molar-refractivity contribution is 0.721. The molecule has 0 atom stereocenters. The van der Waals surface area contributed by atoms with Gasteiger partial charge in [0, 0.05) is 17.9 Å². The third kappa shape index (κ3) is 4.61. The number of fused-ring (bicyclic) bond motifs is 7. The molecule has 0 radical (unpaired) electrons. The first-order valence-corrected chi connectivity index (χ1v) is 17.0. The Balaban J connectivity index is 1.39. The van der Waals surface area contributed by atoms with E-state index in [1.54, 1.807) is 0 Å². The van der Waals surface area contributed by atoms with Gasteiger partial charge in [-0.2, -0.15) is 0 Å². The molecule has 0 unspecified atom stereocenters. The van der Waals surface area contributed by atoms with Gasteiger partial charge in [0.15, 0.2) is 0 Å². The van der Waals surface area contributed by atoms with Gasteiger partial charge < -0.3 is 4.90 Å². The molecule has 7 aromatic rings. The maximum Gasteiger partial charge on any atom is 0.0440 e. The van der Waals surface area contributed by atoms with E-state index in [1.165, 1.54) is 101 Å². The number of nitrogens with zero attached hydrogens (tertiary/aromatic N) is 1. The number of allylic oxidation sites excluding steroid dienone is 4. The van der Waals surface area contributed by atoms with Gasteiger partial charge >= 0.3 is 0 Å². The summed E-state index contributed by atoms with van der Waals surface area (Å²) < 4.78 is 0. The van der Waals surface area contributed by atoms with Crippen molar-refractivity contribution >= 4 is 43.6 Å². The molecule has 7 aromatic carbocycles. The van der Waals surface area contributed by atoms with Crippen LogP contribution in [0.5, 0.6) is 0 Å². The monoisotopic (exact) mass is 603 g/mol. The minimum Gasteiger partial charge on any atom is -0.345 e. The Morgan fingerprint density at radius 1 is 0.511 bits per heavy atom. The average molecular weight is 604 g/mol. The average Bonchev–Trinajstić information content (AvgIpc) is 3.15. The first-order valence-electron chi connectivity index (χ1n) is 17.0. The van der Waals surface area contributed by atoms with Crippen LogP contribution in [0.1, 0.15) is 36.0 Å². The third-order valence-corrected chi connectivity index (χ3v) is 10.4. The molecular weight excluding hydrogens is 567 g/mol. The van der Waals surface area contributed by atoms with E-state index >= 15 is 0 Å². The van der Waals surface area contributed by atoms with Gasteiger partial charge in [0.2, 0.25) is 0 Å². The lowest BCUT2D eigenvalue weighted by Gasteiger charge is -2.34. The van der Waals surface area contributed by atoms with E-state index < -0.39 is 0 Å². The minimum atomic E-state index is 1.00. The Hall–Kier alpha value is -5.40. The highest BCUT2D eigenvalue weighted by Crippen LogP contribution is 2.49. The van der Waals surface area contributed by atoms with Crippen molar-refractivity contribution in [1.29, 1.82) is 0 Å². The van der Waals surface area contributed by atoms with E-state index in [4.69, 9.17) is 0 Å². The van der Waals surface area contributed by atoms with Gasteiger partial charge in [-0.05, 0) is 128 Å². The molecule has 1 nitrogen and oxygen atoms in total. The Labute approximate surface area is 277 Å². The van der Waals surface area contributed by atoms with Gasteiger partial charge in [-0.25, -0.2) is 0 Å². The second kappa shape index (κ2) is 11.4. The summed E-state index contributed by atoms with van der Waals surface area (Å²) in [5.74, 6) is 0. The molecule has 0 N–H and O–H groups in total. The maximum absolute atomic E-state index is 2.58. The molecular formula is C46H37N. The minimum absolute atomic E-state index is 1.00. The molecule has 1 aliphatic heterocycles. The maximum atomic E-state index is 2.58. The van der Waals surface area contributed by atoms with Gasteiger partial charge in [0.05, 0.1) is 0 Å². The van der Waals surface area contributed by atoms with Crippen LogP contribution in [-0.2, 0) is 6.42 Å². The number of hydrogen-bond acceptors (Lipinski definition) is 1.